The fourth-order valence-electron chi connectivity index (χ4n) is 2.98. The average Bonchev–Trinajstić information content (AvgIpc) is 2.85. The van der Waals surface area contributed by atoms with E-state index >= 15 is 0 Å². The monoisotopic (exact) mass is 604 g/mol. The fourth-order valence-corrected chi connectivity index (χ4v) is 3.57. The van der Waals surface area contributed by atoms with E-state index in [0.29, 0.717) is 0 Å². The van der Waals surface area contributed by atoms with Crippen LogP contribution < -0.4 is 0 Å². The van der Waals surface area contributed by atoms with Crippen LogP contribution in [-0.4, -0.2) is 57.1 Å². The zero-order valence-electron chi connectivity index (χ0n) is 19.5. The Hall–Kier alpha value is -4.63. The summed E-state index contributed by atoms with van der Waals surface area (Å²) in [5, 5.41) is 49.5. The molecule has 0 aliphatic heterocycles. The number of phenols is 1. The van der Waals surface area contributed by atoms with Gasteiger partial charge in [-0.05, 0) is 48.9 Å². The molecule has 0 bridgehead atoms. The smallest absolute Gasteiger partial charge is 0.571 e. The SMILES string of the molecule is Cc1cc(S(=O)(=O)O)cc([N-]N=C(N=Nc2cc(C(=O)O)ccc2C(=O)O)c2ccc(C(=O)O)cc2)c1O.[Cu+]. The molecule has 3 aromatic carbocycles. The summed E-state index contributed by atoms with van der Waals surface area (Å²) in [5.74, 6) is -4.82. The van der Waals surface area contributed by atoms with E-state index in [2.05, 4.69) is 20.8 Å². The Morgan fingerprint density at radius 2 is 1.38 bits per heavy atom. The predicted molar refractivity (Wildman–Crippen MR) is 130 cm³/mol. The van der Waals surface area contributed by atoms with Crippen molar-refractivity contribution in [3.8, 4) is 5.75 Å². The van der Waals surface area contributed by atoms with Crippen LogP contribution in [-0.2, 0) is 27.2 Å². The van der Waals surface area contributed by atoms with E-state index in [9.17, 15) is 42.7 Å². The average molecular weight is 605 g/mol. The molecule has 0 saturated carbocycles. The van der Waals surface area contributed by atoms with Gasteiger partial charge >= 0.3 is 35.0 Å². The Bertz CT molecular complexity index is 1620. The van der Waals surface area contributed by atoms with Gasteiger partial charge in [0.15, 0.2) is 5.84 Å². The van der Waals surface area contributed by atoms with Gasteiger partial charge in [-0.1, -0.05) is 23.9 Å². The second kappa shape index (κ2) is 12.3. The van der Waals surface area contributed by atoms with Crippen LogP contribution in [0.4, 0.5) is 11.4 Å². The van der Waals surface area contributed by atoms with Gasteiger partial charge in [0.2, 0.25) is 0 Å². The van der Waals surface area contributed by atoms with Crippen molar-refractivity contribution in [3.63, 3.8) is 0 Å². The van der Waals surface area contributed by atoms with Crippen molar-refractivity contribution in [3.05, 3.63) is 87.8 Å². The molecule has 3 aromatic rings. The summed E-state index contributed by atoms with van der Waals surface area (Å²) in [7, 11) is -4.66. The molecule has 0 radical (unpaired) electrons. The molecule has 0 heterocycles. The van der Waals surface area contributed by atoms with Crippen LogP contribution in [0, 0.1) is 6.92 Å². The first-order chi connectivity index (χ1) is 17.8. The molecule has 5 N–H and O–H groups in total. The first kappa shape index (κ1) is 30.6. The molecule has 206 valence electrons. The van der Waals surface area contributed by atoms with Crippen molar-refractivity contribution in [2.75, 3.05) is 0 Å². The third kappa shape index (κ3) is 7.45. The van der Waals surface area contributed by atoms with Gasteiger partial charge in [-0.15, -0.1) is 10.2 Å². The Morgan fingerprint density at radius 1 is 0.821 bits per heavy atom. The molecule has 39 heavy (non-hydrogen) atoms. The van der Waals surface area contributed by atoms with Crippen LogP contribution in [0.2, 0.25) is 0 Å². The molecule has 3 rings (SSSR count). The van der Waals surface area contributed by atoms with E-state index < -0.39 is 38.7 Å². The molecule has 0 fully saturated rings. The quantitative estimate of drug-likeness (QED) is 0.0613. The van der Waals surface area contributed by atoms with Gasteiger partial charge < -0.3 is 31.0 Å². The molecule has 0 spiro atoms. The first-order valence-electron chi connectivity index (χ1n) is 10.2. The summed E-state index contributed by atoms with van der Waals surface area (Å²) >= 11 is 0. The first-order valence-corrected chi connectivity index (χ1v) is 11.7. The number of amidine groups is 1. The van der Waals surface area contributed by atoms with Gasteiger partial charge in [0.1, 0.15) is 11.4 Å². The van der Waals surface area contributed by atoms with Crippen LogP contribution in [0.3, 0.4) is 0 Å². The standard InChI is InChI=1S/C23H18N4O10S.Cu/c1-11-8-15(38(35,36)37)10-18(19(11)28)25-27-20(12-2-4-13(5-3-12)21(29)30)26-24-17-9-14(22(31)32)6-7-16(17)23(33)34;/h2-10H,1H3,(H6,24,25,26,27,28,29,30,31,32,33,34,35,36,37);/q;+1/p-1. The summed E-state index contributed by atoms with van der Waals surface area (Å²) in [6.45, 7) is 1.35. The molecule has 0 amide bonds. The molecule has 14 nitrogen and oxygen atoms in total. The molecule has 0 atom stereocenters. The largest absolute Gasteiger partial charge is 1.00 e. The van der Waals surface area contributed by atoms with Gasteiger partial charge in [-0.3, -0.25) is 4.55 Å². The Morgan fingerprint density at radius 3 is 1.92 bits per heavy atom. The van der Waals surface area contributed by atoms with E-state index in [1.54, 1.807) is 0 Å². The number of benzene rings is 3. The number of azo groups is 1. The topological polar surface area (TPSA) is 238 Å². The molecule has 0 unspecified atom stereocenters. The molecular formula is C23H17CuN4O10S. The maximum absolute atomic E-state index is 11.6. The number of carbonyl (C=O) groups is 3. The van der Waals surface area contributed by atoms with Crippen molar-refractivity contribution in [2.45, 2.75) is 11.8 Å². The maximum atomic E-state index is 11.6. The summed E-state index contributed by atoms with van der Waals surface area (Å²) in [5.41, 5.74) is 2.46. The van der Waals surface area contributed by atoms with E-state index in [-0.39, 0.29) is 62.1 Å². The molecule has 16 heteroatoms. The van der Waals surface area contributed by atoms with E-state index in [1.807, 2.05) is 0 Å². The molecule has 0 aromatic heterocycles. The second-order valence-electron chi connectivity index (χ2n) is 7.53. The van der Waals surface area contributed by atoms with Crippen molar-refractivity contribution >= 4 is 45.2 Å². The molecule has 0 aliphatic carbocycles. The number of aromatic hydroxyl groups is 1. The van der Waals surface area contributed by atoms with Gasteiger partial charge in [0, 0.05) is 5.56 Å². The predicted octanol–water partition coefficient (Wildman–Crippen LogP) is 4.19. The van der Waals surface area contributed by atoms with E-state index in [0.717, 1.165) is 30.3 Å². The molecular weight excluding hydrogens is 588 g/mol. The normalized spacial score (nSPS) is 11.6. The second-order valence-corrected chi connectivity index (χ2v) is 8.95. The molecule has 0 aliphatic rings. The Kier molecular flexibility index (Phi) is 9.63. The summed E-state index contributed by atoms with van der Waals surface area (Å²) < 4.78 is 32.4. The van der Waals surface area contributed by atoms with Crippen molar-refractivity contribution in [1.82, 2.24) is 0 Å². The van der Waals surface area contributed by atoms with Crippen molar-refractivity contribution in [1.29, 1.82) is 0 Å². The zero-order chi connectivity index (χ0) is 28.2. The number of nitrogens with zero attached hydrogens (tertiary/aromatic N) is 4. The van der Waals surface area contributed by atoms with Gasteiger partial charge in [0.05, 0.1) is 21.6 Å². The third-order valence-electron chi connectivity index (χ3n) is 4.92. The van der Waals surface area contributed by atoms with Crippen LogP contribution in [0.5, 0.6) is 5.75 Å². The Labute approximate surface area is 230 Å². The summed E-state index contributed by atoms with van der Waals surface area (Å²) in [6.07, 6.45) is 0. The maximum Gasteiger partial charge on any atom is 1.00 e. The van der Waals surface area contributed by atoms with Crippen LogP contribution >= 0.6 is 0 Å². The Balaban J connectivity index is 0.00000533. The minimum Gasteiger partial charge on any atom is -0.571 e. The number of aromatic carboxylic acids is 3. The van der Waals surface area contributed by atoms with Gasteiger partial charge in [-0.25, -0.2) is 14.4 Å². The fraction of sp³-hybridized carbons (Fsp3) is 0.0435. The number of hydrogen-bond donors (Lipinski definition) is 5. The van der Waals surface area contributed by atoms with Gasteiger partial charge in [0.25, 0.3) is 10.1 Å². The van der Waals surface area contributed by atoms with Crippen LogP contribution in [0.25, 0.3) is 5.43 Å². The molecule has 0 saturated heterocycles. The number of carboxylic acid groups (broad SMARTS) is 3. The zero-order valence-corrected chi connectivity index (χ0v) is 21.2. The number of hydrogen-bond acceptors (Lipinski definition) is 8. The number of carboxylic acids is 3. The number of rotatable bonds is 8. The summed E-state index contributed by atoms with van der Waals surface area (Å²) in [4.78, 5) is 33.5. The number of phenolic OH excluding ortho intramolecular Hbond substituents is 1. The van der Waals surface area contributed by atoms with Crippen LogP contribution in [0.15, 0.2) is 74.8 Å². The summed E-state index contributed by atoms with van der Waals surface area (Å²) in [6, 6.07) is 9.85. The van der Waals surface area contributed by atoms with Crippen LogP contribution in [0.1, 0.15) is 42.2 Å². The number of aryl methyl sites for hydroxylation is 1. The minimum absolute atomic E-state index is 0. The van der Waals surface area contributed by atoms with E-state index in [4.69, 9.17) is 5.11 Å². The van der Waals surface area contributed by atoms with Gasteiger partial charge in [-0.2, -0.15) is 8.42 Å². The van der Waals surface area contributed by atoms with Crippen molar-refractivity contribution < 1.29 is 64.8 Å². The third-order valence-corrected chi connectivity index (χ3v) is 5.75. The van der Waals surface area contributed by atoms with E-state index in [1.165, 1.54) is 31.2 Å². The minimum atomic E-state index is -4.66. The van der Waals surface area contributed by atoms with Crippen molar-refractivity contribution in [2.24, 2.45) is 15.3 Å².